The van der Waals surface area contributed by atoms with E-state index in [9.17, 15) is 14.4 Å². The van der Waals surface area contributed by atoms with Crippen molar-refractivity contribution < 1.29 is 14.4 Å². The Bertz CT molecular complexity index is 1140. The molecule has 3 N–H and O–H groups in total. The molecule has 1 aliphatic heterocycles. The zero-order valence-electron chi connectivity index (χ0n) is 17.3. The summed E-state index contributed by atoms with van der Waals surface area (Å²) in [6.07, 6.45) is 2.31. The summed E-state index contributed by atoms with van der Waals surface area (Å²) in [7, 11) is 0. The highest BCUT2D eigenvalue weighted by Crippen LogP contribution is 2.22. The second-order valence-electron chi connectivity index (χ2n) is 8.00. The number of aromatic nitrogens is 3. The van der Waals surface area contributed by atoms with Crippen molar-refractivity contribution in [3.8, 4) is 0 Å². The van der Waals surface area contributed by atoms with Gasteiger partial charge in [0, 0.05) is 6.20 Å². The number of carbonyl (C=O) groups is 3. The Labute approximate surface area is 179 Å². The third-order valence-corrected chi connectivity index (χ3v) is 5.13. The summed E-state index contributed by atoms with van der Waals surface area (Å²) in [5.41, 5.74) is 1.49. The first kappa shape index (κ1) is 20.5. The number of carbonyl (C=O) groups excluding carboxylic acids is 3. The molecule has 0 saturated heterocycles. The summed E-state index contributed by atoms with van der Waals surface area (Å²) in [5.74, 6) is -0.267. The maximum absolute atomic E-state index is 12.9. The molecule has 2 atom stereocenters. The second kappa shape index (κ2) is 8.55. The largest absolute Gasteiger partial charge is 0.346 e. The smallest absolute Gasteiger partial charge is 0.254 e. The topological polar surface area (TPSA) is 117 Å². The molecule has 0 bridgehead atoms. The number of amides is 3. The van der Waals surface area contributed by atoms with Gasteiger partial charge in [-0.25, -0.2) is 0 Å². The molecule has 3 aromatic rings. The monoisotopic (exact) mass is 420 g/mol. The maximum atomic E-state index is 12.9. The van der Waals surface area contributed by atoms with E-state index in [-0.39, 0.29) is 24.3 Å². The number of nitrogens with one attached hydrogen (secondary N) is 3. The normalized spacial score (nSPS) is 16.9. The van der Waals surface area contributed by atoms with Crippen LogP contribution in [0.25, 0.3) is 5.65 Å². The Kier molecular flexibility index (Phi) is 5.66. The van der Waals surface area contributed by atoms with Crippen LogP contribution < -0.4 is 16.0 Å². The molecule has 9 nitrogen and oxygen atoms in total. The van der Waals surface area contributed by atoms with Crippen LogP contribution in [0.5, 0.6) is 0 Å². The van der Waals surface area contributed by atoms with Gasteiger partial charge in [-0.2, -0.15) is 0 Å². The Balaban J connectivity index is 1.50. The molecule has 0 spiro atoms. The SMILES string of the molecule is CC(C)C[C@@H](NC(=O)C[C@@H]1NC(=O)c2ccccc2NC1=O)c1nnc2ccccn12. The molecule has 0 saturated carbocycles. The lowest BCUT2D eigenvalue weighted by Gasteiger charge is -2.21. The number of fused-ring (bicyclic) bond motifs is 2. The summed E-state index contributed by atoms with van der Waals surface area (Å²) in [5, 5.41) is 16.8. The van der Waals surface area contributed by atoms with Gasteiger partial charge in [0.25, 0.3) is 5.91 Å². The summed E-state index contributed by atoms with van der Waals surface area (Å²) >= 11 is 0. The number of rotatable bonds is 6. The molecule has 9 heteroatoms. The first-order valence-electron chi connectivity index (χ1n) is 10.2. The van der Waals surface area contributed by atoms with Crippen molar-refractivity contribution in [3.05, 3.63) is 60.0 Å². The van der Waals surface area contributed by atoms with Gasteiger partial charge in [0.1, 0.15) is 6.04 Å². The van der Waals surface area contributed by atoms with Crippen molar-refractivity contribution in [3.63, 3.8) is 0 Å². The molecule has 0 unspecified atom stereocenters. The van der Waals surface area contributed by atoms with Crippen molar-refractivity contribution in [2.24, 2.45) is 5.92 Å². The predicted molar refractivity (Wildman–Crippen MR) is 114 cm³/mol. The molecular formula is C22H24N6O3. The standard InChI is InChI=1S/C22H24N6O3/c1-13(2)11-16(20-27-26-18-9-5-6-10-28(18)20)23-19(29)12-17-22(31)24-15-8-4-3-7-14(15)21(30)25-17/h3-10,13,16-17H,11-12H2,1-2H3,(H,23,29)(H,24,31)(H,25,30)/t16-,17+/m1/s1. The lowest BCUT2D eigenvalue weighted by atomic mass is 10.0. The van der Waals surface area contributed by atoms with Gasteiger partial charge >= 0.3 is 0 Å². The summed E-state index contributed by atoms with van der Waals surface area (Å²) in [6.45, 7) is 4.11. The van der Waals surface area contributed by atoms with E-state index in [0.717, 1.165) is 0 Å². The molecule has 0 radical (unpaired) electrons. The van der Waals surface area contributed by atoms with Crippen LogP contribution in [0.2, 0.25) is 0 Å². The van der Waals surface area contributed by atoms with Crippen LogP contribution in [0, 0.1) is 5.92 Å². The second-order valence-corrected chi connectivity index (χ2v) is 8.00. The van der Waals surface area contributed by atoms with Crippen LogP contribution >= 0.6 is 0 Å². The number of pyridine rings is 1. The molecule has 3 heterocycles. The Morgan fingerprint density at radius 3 is 2.71 bits per heavy atom. The zero-order chi connectivity index (χ0) is 22.0. The van der Waals surface area contributed by atoms with Gasteiger partial charge in [-0.3, -0.25) is 18.8 Å². The first-order valence-corrected chi connectivity index (χ1v) is 10.2. The quantitative estimate of drug-likeness (QED) is 0.564. The van der Waals surface area contributed by atoms with Gasteiger partial charge in [-0.05, 0) is 36.6 Å². The molecule has 160 valence electrons. The average Bonchev–Trinajstić information content (AvgIpc) is 3.12. The molecule has 0 fully saturated rings. The van der Waals surface area contributed by atoms with E-state index in [0.29, 0.717) is 29.1 Å². The van der Waals surface area contributed by atoms with Gasteiger partial charge in [0.15, 0.2) is 11.5 Å². The minimum Gasteiger partial charge on any atom is -0.346 e. The van der Waals surface area contributed by atoms with Crippen LogP contribution in [0.1, 0.15) is 48.9 Å². The van der Waals surface area contributed by atoms with Crippen molar-refractivity contribution in [1.82, 2.24) is 25.2 Å². The van der Waals surface area contributed by atoms with Crippen LogP contribution in [-0.4, -0.2) is 38.4 Å². The van der Waals surface area contributed by atoms with E-state index >= 15 is 0 Å². The first-order chi connectivity index (χ1) is 14.9. The van der Waals surface area contributed by atoms with Crippen molar-refractivity contribution in [1.29, 1.82) is 0 Å². The lowest BCUT2D eigenvalue weighted by molar-refractivity contribution is -0.126. The third-order valence-electron chi connectivity index (χ3n) is 5.13. The van der Waals surface area contributed by atoms with Crippen molar-refractivity contribution in [2.75, 3.05) is 5.32 Å². The minimum absolute atomic E-state index is 0.184. The van der Waals surface area contributed by atoms with Gasteiger partial charge < -0.3 is 16.0 Å². The molecule has 31 heavy (non-hydrogen) atoms. The summed E-state index contributed by atoms with van der Waals surface area (Å²) < 4.78 is 1.84. The Morgan fingerprint density at radius 2 is 1.90 bits per heavy atom. The molecule has 1 aliphatic rings. The van der Waals surface area contributed by atoms with E-state index in [1.54, 1.807) is 24.3 Å². The van der Waals surface area contributed by atoms with E-state index in [2.05, 4.69) is 40.0 Å². The lowest BCUT2D eigenvalue weighted by Crippen LogP contribution is -2.45. The molecular weight excluding hydrogens is 396 g/mol. The van der Waals surface area contributed by atoms with Crippen molar-refractivity contribution >= 4 is 29.1 Å². The van der Waals surface area contributed by atoms with Crippen LogP contribution in [-0.2, 0) is 9.59 Å². The fraction of sp³-hybridized carbons (Fsp3) is 0.318. The van der Waals surface area contributed by atoms with E-state index < -0.39 is 17.9 Å². The molecule has 3 amide bonds. The third kappa shape index (κ3) is 4.40. The average molecular weight is 420 g/mol. The number of hydrogen-bond donors (Lipinski definition) is 3. The van der Waals surface area contributed by atoms with E-state index in [4.69, 9.17) is 0 Å². The van der Waals surface area contributed by atoms with Crippen molar-refractivity contribution in [2.45, 2.75) is 38.8 Å². The molecule has 0 aliphatic carbocycles. The number of benzene rings is 1. The zero-order valence-corrected chi connectivity index (χ0v) is 17.3. The maximum Gasteiger partial charge on any atom is 0.254 e. The van der Waals surface area contributed by atoms with Crippen LogP contribution in [0.15, 0.2) is 48.7 Å². The Morgan fingerprint density at radius 1 is 1.13 bits per heavy atom. The highest BCUT2D eigenvalue weighted by atomic mass is 16.2. The highest BCUT2D eigenvalue weighted by molar-refractivity contribution is 6.10. The molecule has 1 aromatic carbocycles. The van der Waals surface area contributed by atoms with Gasteiger partial charge in [0.05, 0.1) is 23.7 Å². The van der Waals surface area contributed by atoms with Gasteiger partial charge in [0.2, 0.25) is 11.8 Å². The fourth-order valence-electron chi connectivity index (χ4n) is 3.69. The number of para-hydroxylation sites is 1. The van der Waals surface area contributed by atoms with E-state index in [1.165, 1.54) is 0 Å². The predicted octanol–water partition coefficient (Wildman–Crippen LogP) is 2.07. The summed E-state index contributed by atoms with van der Waals surface area (Å²) in [6, 6.07) is 11.0. The molecule has 2 aromatic heterocycles. The highest BCUT2D eigenvalue weighted by Gasteiger charge is 2.30. The Hall–Kier alpha value is -3.75. The van der Waals surface area contributed by atoms with Gasteiger partial charge in [-0.1, -0.05) is 32.0 Å². The van der Waals surface area contributed by atoms with Crippen LogP contribution in [0.4, 0.5) is 5.69 Å². The number of anilines is 1. The fourth-order valence-corrected chi connectivity index (χ4v) is 3.69. The minimum atomic E-state index is -0.977. The van der Waals surface area contributed by atoms with E-state index in [1.807, 2.05) is 28.8 Å². The van der Waals surface area contributed by atoms with Gasteiger partial charge in [-0.15, -0.1) is 10.2 Å². The molecule has 4 rings (SSSR count). The summed E-state index contributed by atoms with van der Waals surface area (Å²) in [4.78, 5) is 38.0. The number of hydrogen-bond acceptors (Lipinski definition) is 5. The van der Waals surface area contributed by atoms with Crippen LogP contribution in [0.3, 0.4) is 0 Å². The number of nitrogens with zero attached hydrogens (tertiary/aromatic N) is 3.